The Labute approximate surface area is 129 Å². The summed E-state index contributed by atoms with van der Waals surface area (Å²) < 4.78 is 0. The molecule has 2 N–H and O–H groups in total. The molecule has 4 atom stereocenters. The Kier molecular flexibility index (Phi) is 4.34. The third-order valence-electron chi connectivity index (χ3n) is 5.63. The standard InChI is InChI=1S/C18H29N3/c1-13-11-17(18(19)16-9-5-4-8-15(13)16)21(3)12-14-7-6-10-20(14)2/h4-5,8-9,13-14,17-18H,6-7,10-12,19H2,1-3H3. The highest BCUT2D eigenvalue weighted by atomic mass is 15.2. The number of nitrogens with zero attached hydrogens (tertiary/aromatic N) is 2. The van der Waals surface area contributed by atoms with E-state index < -0.39 is 0 Å². The number of nitrogens with two attached hydrogens (primary N) is 1. The first-order valence-electron chi connectivity index (χ1n) is 8.32. The summed E-state index contributed by atoms with van der Waals surface area (Å²) in [5.41, 5.74) is 9.41. The molecule has 1 aliphatic carbocycles. The highest BCUT2D eigenvalue weighted by Gasteiger charge is 2.34. The molecular weight excluding hydrogens is 258 g/mol. The van der Waals surface area contributed by atoms with Crippen LogP contribution in [0.3, 0.4) is 0 Å². The van der Waals surface area contributed by atoms with Gasteiger partial charge in [0.05, 0.1) is 0 Å². The fourth-order valence-corrected chi connectivity index (χ4v) is 4.24. The molecule has 0 bridgehead atoms. The van der Waals surface area contributed by atoms with Crippen LogP contribution in [0.2, 0.25) is 0 Å². The maximum atomic E-state index is 6.61. The van der Waals surface area contributed by atoms with Crippen LogP contribution in [0.15, 0.2) is 24.3 Å². The molecular formula is C18H29N3. The first-order chi connectivity index (χ1) is 10.1. The predicted octanol–water partition coefficient (Wildman–Crippen LogP) is 2.59. The van der Waals surface area contributed by atoms with Crippen LogP contribution in [-0.2, 0) is 0 Å². The lowest BCUT2D eigenvalue weighted by atomic mass is 9.78. The minimum absolute atomic E-state index is 0.147. The minimum Gasteiger partial charge on any atom is -0.323 e. The molecule has 2 aliphatic rings. The van der Waals surface area contributed by atoms with Gasteiger partial charge in [-0.25, -0.2) is 0 Å². The summed E-state index contributed by atoms with van der Waals surface area (Å²) in [6.07, 6.45) is 3.84. The lowest BCUT2D eigenvalue weighted by Crippen LogP contribution is -2.48. The van der Waals surface area contributed by atoms with Crippen LogP contribution in [0.4, 0.5) is 0 Å². The van der Waals surface area contributed by atoms with Crippen LogP contribution < -0.4 is 5.73 Å². The molecule has 3 heteroatoms. The molecule has 116 valence electrons. The summed E-state index contributed by atoms with van der Waals surface area (Å²) in [6, 6.07) is 10.0. The first kappa shape index (κ1) is 15.0. The molecule has 1 aliphatic heterocycles. The molecule has 1 saturated heterocycles. The second-order valence-electron chi connectivity index (χ2n) is 7.08. The van der Waals surface area contributed by atoms with Crippen molar-refractivity contribution in [2.45, 2.75) is 50.2 Å². The molecule has 1 aromatic rings. The van der Waals surface area contributed by atoms with Crippen LogP contribution in [0, 0.1) is 0 Å². The smallest absolute Gasteiger partial charge is 0.0456 e. The first-order valence-corrected chi connectivity index (χ1v) is 8.32. The molecule has 3 rings (SSSR count). The molecule has 3 nitrogen and oxygen atoms in total. The number of fused-ring (bicyclic) bond motifs is 1. The van der Waals surface area contributed by atoms with Crippen molar-refractivity contribution in [2.75, 3.05) is 27.2 Å². The second kappa shape index (κ2) is 6.07. The van der Waals surface area contributed by atoms with E-state index in [9.17, 15) is 0 Å². The number of rotatable bonds is 3. The average Bonchev–Trinajstić information content (AvgIpc) is 2.88. The van der Waals surface area contributed by atoms with Crippen LogP contribution in [-0.4, -0.2) is 49.1 Å². The van der Waals surface area contributed by atoms with Gasteiger partial charge < -0.3 is 10.6 Å². The zero-order chi connectivity index (χ0) is 15.0. The molecule has 1 aromatic carbocycles. The Bertz CT molecular complexity index is 487. The molecule has 1 fully saturated rings. The van der Waals surface area contributed by atoms with Crippen molar-refractivity contribution in [3.8, 4) is 0 Å². The quantitative estimate of drug-likeness (QED) is 0.927. The van der Waals surface area contributed by atoms with Gasteiger partial charge in [0.2, 0.25) is 0 Å². The minimum atomic E-state index is 0.147. The summed E-state index contributed by atoms with van der Waals surface area (Å²) in [5, 5.41) is 0. The van der Waals surface area contributed by atoms with Crippen LogP contribution in [0.5, 0.6) is 0 Å². The molecule has 4 unspecified atom stereocenters. The topological polar surface area (TPSA) is 32.5 Å². The lowest BCUT2D eigenvalue weighted by molar-refractivity contribution is 0.141. The van der Waals surface area contributed by atoms with E-state index in [-0.39, 0.29) is 6.04 Å². The molecule has 0 saturated carbocycles. The van der Waals surface area contributed by atoms with Crippen molar-refractivity contribution in [2.24, 2.45) is 5.73 Å². The maximum Gasteiger partial charge on any atom is 0.0456 e. The van der Waals surface area contributed by atoms with Gasteiger partial charge in [0.15, 0.2) is 0 Å². The van der Waals surface area contributed by atoms with E-state index in [0.717, 1.165) is 6.54 Å². The van der Waals surface area contributed by atoms with Crippen molar-refractivity contribution in [1.29, 1.82) is 0 Å². The van der Waals surface area contributed by atoms with E-state index in [1.807, 2.05) is 0 Å². The van der Waals surface area contributed by atoms with Gasteiger partial charge in [-0.3, -0.25) is 4.90 Å². The van der Waals surface area contributed by atoms with E-state index in [1.54, 1.807) is 0 Å². The zero-order valence-corrected chi connectivity index (χ0v) is 13.6. The highest BCUT2D eigenvalue weighted by Crippen LogP contribution is 2.38. The van der Waals surface area contributed by atoms with Crippen molar-refractivity contribution < 1.29 is 0 Å². The Morgan fingerprint density at radius 2 is 2.00 bits per heavy atom. The molecule has 0 radical (unpaired) electrons. The number of benzene rings is 1. The third kappa shape index (κ3) is 2.87. The van der Waals surface area contributed by atoms with Gasteiger partial charge >= 0.3 is 0 Å². The van der Waals surface area contributed by atoms with Crippen LogP contribution in [0.25, 0.3) is 0 Å². The normalized spacial score (nSPS) is 33.4. The average molecular weight is 287 g/mol. The Morgan fingerprint density at radius 3 is 2.67 bits per heavy atom. The molecule has 1 heterocycles. The van der Waals surface area contributed by atoms with Gasteiger partial charge in [0.1, 0.15) is 0 Å². The van der Waals surface area contributed by atoms with E-state index in [0.29, 0.717) is 18.0 Å². The lowest BCUT2D eigenvalue weighted by Gasteiger charge is -2.41. The van der Waals surface area contributed by atoms with Crippen molar-refractivity contribution in [3.63, 3.8) is 0 Å². The third-order valence-corrected chi connectivity index (χ3v) is 5.63. The second-order valence-corrected chi connectivity index (χ2v) is 7.08. The number of hydrogen-bond acceptors (Lipinski definition) is 3. The molecule has 0 aromatic heterocycles. The van der Waals surface area contributed by atoms with Crippen molar-refractivity contribution in [1.82, 2.24) is 9.80 Å². The monoisotopic (exact) mass is 287 g/mol. The summed E-state index contributed by atoms with van der Waals surface area (Å²) in [6.45, 7) is 4.73. The fraction of sp³-hybridized carbons (Fsp3) is 0.667. The van der Waals surface area contributed by atoms with Gasteiger partial charge in [-0.2, -0.15) is 0 Å². The Hall–Kier alpha value is -0.900. The number of likely N-dealkylation sites (tertiary alicyclic amines) is 1. The molecule has 21 heavy (non-hydrogen) atoms. The summed E-state index contributed by atoms with van der Waals surface area (Å²) >= 11 is 0. The Morgan fingerprint density at radius 1 is 1.29 bits per heavy atom. The SMILES string of the molecule is CC1CC(N(C)CC2CCCN2C)C(N)c2ccccc21. The van der Waals surface area contributed by atoms with Crippen molar-refractivity contribution in [3.05, 3.63) is 35.4 Å². The van der Waals surface area contributed by atoms with Crippen LogP contribution in [0.1, 0.15) is 49.3 Å². The molecule has 0 spiro atoms. The van der Waals surface area contributed by atoms with Gasteiger partial charge in [-0.15, -0.1) is 0 Å². The van der Waals surface area contributed by atoms with E-state index in [2.05, 4.69) is 55.1 Å². The van der Waals surface area contributed by atoms with Gasteiger partial charge in [-0.05, 0) is 56.9 Å². The van der Waals surface area contributed by atoms with Gasteiger partial charge in [0.25, 0.3) is 0 Å². The van der Waals surface area contributed by atoms with Crippen molar-refractivity contribution >= 4 is 0 Å². The largest absolute Gasteiger partial charge is 0.323 e. The summed E-state index contributed by atoms with van der Waals surface area (Å²) in [7, 11) is 4.52. The van der Waals surface area contributed by atoms with Gasteiger partial charge in [-0.1, -0.05) is 31.2 Å². The van der Waals surface area contributed by atoms with E-state index in [4.69, 9.17) is 5.73 Å². The van der Waals surface area contributed by atoms with E-state index in [1.165, 1.54) is 36.9 Å². The Balaban J connectivity index is 1.74. The zero-order valence-electron chi connectivity index (χ0n) is 13.6. The number of likely N-dealkylation sites (N-methyl/N-ethyl adjacent to an activating group) is 2. The summed E-state index contributed by atoms with van der Waals surface area (Å²) in [5.74, 6) is 0.606. The number of hydrogen-bond donors (Lipinski definition) is 1. The maximum absolute atomic E-state index is 6.61. The molecule has 0 amide bonds. The van der Waals surface area contributed by atoms with Gasteiger partial charge in [0, 0.05) is 24.7 Å². The van der Waals surface area contributed by atoms with Crippen LogP contribution >= 0.6 is 0 Å². The predicted molar refractivity (Wildman–Crippen MR) is 88.5 cm³/mol. The highest BCUT2D eigenvalue weighted by molar-refractivity contribution is 5.36. The fourth-order valence-electron chi connectivity index (χ4n) is 4.24. The summed E-state index contributed by atoms with van der Waals surface area (Å²) in [4.78, 5) is 5.02. The van der Waals surface area contributed by atoms with E-state index >= 15 is 0 Å².